The van der Waals surface area contributed by atoms with Gasteiger partial charge in [-0.15, -0.1) is 0 Å². The van der Waals surface area contributed by atoms with E-state index in [9.17, 15) is 9.18 Å². The van der Waals surface area contributed by atoms with Crippen LogP contribution in [0.3, 0.4) is 0 Å². The third kappa shape index (κ3) is 3.36. The Balaban J connectivity index is 1.45. The number of aryl methyl sites for hydroxylation is 1. The Morgan fingerprint density at radius 2 is 1.84 bits per heavy atom. The second kappa shape index (κ2) is 8.00. The van der Waals surface area contributed by atoms with Gasteiger partial charge in [-0.05, 0) is 44.2 Å². The Morgan fingerprint density at radius 3 is 2.66 bits per heavy atom. The van der Waals surface area contributed by atoms with Gasteiger partial charge in [-0.25, -0.2) is 4.39 Å². The summed E-state index contributed by atoms with van der Waals surface area (Å²) in [5, 5.41) is 1.07. The van der Waals surface area contributed by atoms with E-state index in [0.717, 1.165) is 23.0 Å². The number of hydrogen-bond donors (Lipinski definition) is 0. The summed E-state index contributed by atoms with van der Waals surface area (Å²) in [4.78, 5) is 13.0. The largest absolute Gasteiger partial charge is 0.488 e. The molecule has 0 radical (unpaired) electrons. The van der Waals surface area contributed by atoms with Crippen molar-refractivity contribution in [2.45, 2.75) is 27.0 Å². The highest BCUT2D eigenvalue weighted by Crippen LogP contribution is 2.40. The number of aromatic nitrogens is 1. The third-order valence-electron chi connectivity index (χ3n) is 5.82. The third-order valence-corrected chi connectivity index (χ3v) is 5.82. The Bertz CT molecular complexity index is 1380. The van der Waals surface area contributed by atoms with Crippen LogP contribution in [0.1, 0.15) is 34.0 Å². The van der Waals surface area contributed by atoms with Crippen molar-refractivity contribution in [1.82, 2.24) is 4.57 Å². The van der Waals surface area contributed by atoms with Crippen LogP contribution in [-0.2, 0) is 13.2 Å². The summed E-state index contributed by atoms with van der Waals surface area (Å²) in [6.45, 7) is 4.86. The molecule has 1 aliphatic heterocycles. The highest BCUT2D eigenvalue weighted by molar-refractivity contribution is 6.15. The fourth-order valence-electron chi connectivity index (χ4n) is 4.09. The number of ketones is 1. The summed E-state index contributed by atoms with van der Waals surface area (Å²) in [5.41, 5.74) is 3.74. The van der Waals surface area contributed by atoms with E-state index in [0.29, 0.717) is 28.2 Å². The predicted octanol–water partition coefficient (Wildman–Crippen LogP) is 6.30. The molecule has 1 aromatic heterocycles. The van der Waals surface area contributed by atoms with E-state index in [1.165, 1.54) is 6.07 Å². The van der Waals surface area contributed by atoms with Crippen LogP contribution < -0.4 is 9.47 Å². The first-order valence-corrected chi connectivity index (χ1v) is 10.6. The number of para-hydroxylation sites is 1. The lowest BCUT2D eigenvalue weighted by Gasteiger charge is -2.12. The topological polar surface area (TPSA) is 40.5 Å². The number of fused-ring (bicyclic) bond motifs is 2. The summed E-state index contributed by atoms with van der Waals surface area (Å²) in [6.07, 6.45) is 3.84. The number of ether oxygens (including phenoxy) is 2. The molecule has 160 valence electrons. The number of benzene rings is 3. The van der Waals surface area contributed by atoms with Crippen molar-refractivity contribution >= 4 is 22.8 Å². The van der Waals surface area contributed by atoms with Gasteiger partial charge < -0.3 is 14.0 Å². The van der Waals surface area contributed by atoms with E-state index in [1.54, 1.807) is 36.4 Å². The molecule has 5 rings (SSSR count). The van der Waals surface area contributed by atoms with E-state index in [4.69, 9.17) is 9.47 Å². The lowest BCUT2D eigenvalue weighted by Crippen LogP contribution is -2.00. The van der Waals surface area contributed by atoms with Gasteiger partial charge in [-0.2, -0.15) is 0 Å². The van der Waals surface area contributed by atoms with Crippen LogP contribution in [0.4, 0.5) is 4.39 Å². The second-order valence-corrected chi connectivity index (χ2v) is 7.77. The maximum atomic E-state index is 13.9. The van der Waals surface area contributed by atoms with E-state index in [1.807, 2.05) is 31.3 Å². The van der Waals surface area contributed by atoms with Crippen molar-refractivity contribution < 1.29 is 18.7 Å². The molecule has 4 nitrogen and oxygen atoms in total. The van der Waals surface area contributed by atoms with Crippen LogP contribution in [0, 0.1) is 12.7 Å². The number of nitrogens with zero attached hydrogens (tertiary/aromatic N) is 1. The molecule has 0 amide bonds. The smallest absolute Gasteiger partial charge is 0.231 e. The number of hydrogen-bond acceptors (Lipinski definition) is 3. The van der Waals surface area contributed by atoms with Gasteiger partial charge in [0.1, 0.15) is 23.9 Å². The summed E-state index contributed by atoms with van der Waals surface area (Å²) in [5.74, 6) is 0.870. The molecular formula is C27H22FNO3. The summed E-state index contributed by atoms with van der Waals surface area (Å²) in [6, 6.07) is 18.0. The minimum absolute atomic E-state index is 0.0967. The molecule has 0 N–H and O–H groups in total. The molecule has 2 heterocycles. The number of halogens is 1. The quantitative estimate of drug-likeness (QED) is 0.351. The van der Waals surface area contributed by atoms with Gasteiger partial charge in [0.2, 0.25) is 5.78 Å². The van der Waals surface area contributed by atoms with Crippen LogP contribution in [0.25, 0.3) is 17.0 Å². The van der Waals surface area contributed by atoms with Crippen molar-refractivity contribution in [2.24, 2.45) is 0 Å². The minimum Gasteiger partial charge on any atom is -0.488 e. The zero-order valence-corrected chi connectivity index (χ0v) is 17.9. The van der Waals surface area contributed by atoms with Gasteiger partial charge in [0.25, 0.3) is 0 Å². The van der Waals surface area contributed by atoms with Gasteiger partial charge in [0, 0.05) is 40.3 Å². The minimum atomic E-state index is -0.311. The Kier molecular flexibility index (Phi) is 5.02. The molecule has 0 spiro atoms. The summed E-state index contributed by atoms with van der Waals surface area (Å²) >= 11 is 0. The van der Waals surface area contributed by atoms with Gasteiger partial charge >= 0.3 is 0 Å². The average Bonchev–Trinajstić information content (AvgIpc) is 3.33. The van der Waals surface area contributed by atoms with Gasteiger partial charge in [0.15, 0.2) is 5.76 Å². The summed E-state index contributed by atoms with van der Waals surface area (Å²) in [7, 11) is 0. The van der Waals surface area contributed by atoms with Crippen molar-refractivity contribution in [1.29, 1.82) is 0 Å². The molecule has 0 bridgehead atoms. The monoisotopic (exact) mass is 427 g/mol. The number of carbonyl (C=O) groups is 1. The molecule has 32 heavy (non-hydrogen) atoms. The van der Waals surface area contributed by atoms with Crippen molar-refractivity contribution in [2.75, 3.05) is 0 Å². The molecule has 0 aliphatic carbocycles. The highest BCUT2D eigenvalue weighted by Gasteiger charge is 2.30. The van der Waals surface area contributed by atoms with Crippen LogP contribution in [0.15, 0.2) is 72.6 Å². The van der Waals surface area contributed by atoms with Crippen molar-refractivity contribution in [3.05, 3.63) is 101 Å². The SMILES string of the molecule is CCn1cc(/C=C2/Oc3c(ccc(OCc4ccccc4F)c3C)C2=O)c2ccccc21. The normalized spacial score (nSPS) is 14.1. The standard InChI is InChI=1S/C27H22FNO3/c1-3-29-15-19(20-9-5-7-11-23(20)29)14-25-26(30)21-12-13-24(17(2)27(21)32-25)31-16-18-8-4-6-10-22(18)28/h4-15H,3,16H2,1-2H3/b25-14+. The van der Waals surface area contributed by atoms with Gasteiger partial charge in [-0.1, -0.05) is 36.4 Å². The zero-order chi connectivity index (χ0) is 22.2. The Morgan fingerprint density at radius 1 is 1.06 bits per heavy atom. The van der Waals surface area contributed by atoms with Crippen LogP contribution in [0.2, 0.25) is 0 Å². The number of allylic oxidation sites excluding steroid dienone is 1. The van der Waals surface area contributed by atoms with E-state index >= 15 is 0 Å². The first-order valence-electron chi connectivity index (χ1n) is 10.6. The molecule has 1 aliphatic rings. The van der Waals surface area contributed by atoms with Crippen molar-refractivity contribution in [3.8, 4) is 11.5 Å². The predicted molar refractivity (Wildman–Crippen MR) is 122 cm³/mol. The lowest BCUT2D eigenvalue weighted by molar-refractivity contribution is 0.101. The maximum Gasteiger partial charge on any atom is 0.231 e. The molecule has 0 fully saturated rings. The maximum absolute atomic E-state index is 13.9. The molecule has 0 saturated heterocycles. The van der Waals surface area contributed by atoms with Crippen LogP contribution in [0.5, 0.6) is 11.5 Å². The number of Topliss-reactive ketones (excluding diaryl/α,β-unsaturated/α-hetero) is 1. The average molecular weight is 427 g/mol. The lowest BCUT2D eigenvalue weighted by atomic mass is 10.1. The number of carbonyl (C=O) groups excluding carboxylic acids is 1. The van der Waals surface area contributed by atoms with Crippen LogP contribution >= 0.6 is 0 Å². The van der Waals surface area contributed by atoms with E-state index < -0.39 is 0 Å². The Hall–Kier alpha value is -3.86. The fourth-order valence-corrected chi connectivity index (χ4v) is 4.09. The van der Waals surface area contributed by atoms with Crippen molar-refractivity contribution in [3.63, 3.8) is 0 Å². The number of rotatable bonds is 5. The molecule has 4 aromatic rings. The molecule has 0 unspecified atom stereocenters. The molecular weight excluding hydrogens is 405 g/mol. The first kappa shape index (κ1) is 20.1. The summed E-state index contributed by atoms with van der Waals surface area (Å²) < 4.78 is 27.9. The molecule has 0 saturated carbocycles. The second-order valence-electron chi connectivity index (χ2n) is 7.77. The first-order chi connectivity index (χ1) is 15.6. The fraction of sp³-hybridized carbons (Fsp3) is 0.148. The van der Waals surface area contributed by atoms with Crippen LogP contribution in [-0.4, -0.2) is 10.4 Å². The van der Waals surface area contributed by atoms with E-state index in [2.05, 4.69) is 17.6 Å². The van der Waals surface area contributed by atoms with Gasteiger partial charge in [-0.3, -0.25) is 4.79 Å². The highest BCUT2D eigenvalue weighted by atomic mass is 19.1. The van der Waals surface area contributed by atoms with Gasteiger partial charge in [0.05, 0.1) is 5.56 Å². The van der Waals surface area contributed by atoms with E-state index in [-0.39, 0.29) is 24.0 Å². The molecule has 5 heteroatoms. The molecule has 3 aromatic carbocycles. The molecule has 0 atom stereocenters. The Labute approximate surface area is 185 Å². The zero-order valence-electron chi connectivity index (χ0n) is 17.9.